The molecule has 22 heavy (non-hydrogen) atoms. The van der Waals surface area contributed by atoms with Gasteiger partial charge in [0.05, 0.1) is 0 Å². The Kier molecular flexibility index (Phi) is 7.42. The molecule has 0 aliphatic heterocycles. The number of carbonyl (C=O) groups excluding carboxylic acids is 1. The molecule has 0 aromatic carbocycles. The molecule has 1 fully saturated rings. The van der Waals surface area contributed by atoms with Crippen molar-refractivity contribution in [2.45, 2.75) is 39.5 Å². The maximum Gasteiger partial charge on any atom is 0.243 e. The van der Waals surface area contributed by atoms with Gasteiger partial charge < -0.3 is 15.5 Å². The number of nitrogens with zero attached hydrogens (tertiary/aromatic N) is 2. The molecule has 5 nitrogen and oxygen atoms in total. The maximum atomic E-state index is 11.7. The first-order chi connectivity index (χ1) is 10.4. The molecular weight excluding hydrogens is 276 g/mol. The highest BCUT2D eigenvalue weighted by Gasteiger charge is 2.37. The fraction of sp³-hybridized carbons (Fsp3) is 0.765. The van der Waals surface area contributed by atoms with Crippen molar-refractivity contribution >= 4 is 11.9 Å². The number of guanidine groups is 1. The van der Waals surface area contributed by atoms with Gasteiger partial charge >= 0.3 is 0 Å². The molecule has 0 atom stereocenters. The Bertz CT molecular complexity index is 397. The van der Waals surface area contributed by atoms with Crippen LogP contribution in [0, 0.1) is 11.3 Å². The second kappa shape index (κ2) is 8.81. The molecular formula is C17H32N4O. The van der Waals surface area contributed by atoms with Crippen LogP contribution < -0.4 is 10.6 Å². The van der Waals surface area contributed by atoms with E-state index in [1.807, 2.05) is 0 Å². The smallest absolute Gasteiger partial charge is 0.243 e. The highest BCUT2D eigenvalue weighted by molar-refractivity contribution is 5.84. The fourth-order valence-corrected chi connectivity index (χ4v) is 2.90. The van der Waals surface area contributed by atoms with E-state index in [1.54, 1.807) is 25.1 Å². The van der Waals surface area contributed by atoms with E-state index in [0.717, 1.165) is 6.54 Å². The number of amides is 1. The Morgan fingerprint density at radius 1 is 1.36 bits per heavy atom. The third-order valence-electron chi connectivity index (χ3n) is 4.17. The quantitative estimate of drug-likeness (QED) is 0.410. The minimum atomic E-state index is 0.000223. The summed E-state index contributed by atoms with van der Waals surface area (Å²) in [7, 11) is 3.49. The van der Waals surface area contributed by atoms with Gasteiger partial charge in [0.15, 0.2) is 5.96 Å². The van der Waals surface area contributed by atoms with Crippen LogP contribution in [-0.2, 0) is 4.79 Å². The molecule has 0 radical (unpaired) electrons. The first-order valence-corrected chi connectivity index (χ1v) is 8.22. The molecule has 2 N–H and O–H groups in total. The van der Waals surface area contributed by atoms with Crippen molar-refractivity contribution in [3.05, 3.63) is 12.7 Å². The average molecular weight is 308 g/mol. The van der Waals surface area contributed by atoms with Gasteiger partial charge in [-0.15, -0.1) is 6.58 Å². The van der Waals surface area contributed by atoms with Crippen molar-refractivity contribution in [1.82, 2.24) is 15.5 Å². The van der Waals surface area contributed by atoms with Crippen LogP contribution in [0.15, 0.2) is 17.6 Å². The molecule has 126 valence electrons. The standard InChI is InChI=1S/C17H32N4O/c1-6-10-18-16(19-12-15(22)21(4)5)20-13-17(8-7-9-17)11-14(2)3/h6,14H,1,7-13H2,2-5H3,(H2,18,19,20). The molecule has 0 aromatic rings. The number of nitrogens with one attached hydrogen (secondary N) is 2. The summed E-state index contributed by atoms with van der Waals surface area (Å²) in [5, 5.41) is 6.61. The summed E-state index contributed by atoms with van der Waals surface area (Å²) in [6.07, 6.45) is 6.91. The molecule has 0 aromatic heterocycles. The van der Waals surface area contributed by atoms with E-state index < -0.39 is 0 Å². The highest BCUT2D eigenvalue weighted by atomic mass is 16.2. The summed E-state index contributed by atoms with van der Waals surface area (Å²) in [5.41, 5.74) is 0.399. The summed E-state index contributed by atoms with van der Waals surface area (Å²) in [4.78, 5) is 17.6. The molecule has 0 bridgehead atoms. The van der Waals surface area contributed by atoms with Gasteiger partial charge in [-0.05, 0) is 30.6 Å². The van der Waals surface area contributed by atoms with Crippen LogP contribution in [0.2, 0.25) is 0 Å². The van der Waals surface area contributed by atoms with Gasteiger partial charge in [0, 0.05) is 27.2 Å². The SMILES string of the molecule is C=CCNC(=NCC(=O)N(C)C)NCC1(CC(C)C)CCC1. The van der Waals surface area contributed by atoms with Crippen LogP contribution in [0.4, 0.5) is 0 Å². The normalized spacial score (nSPS) is 16.9. The van der Waals surface area contributed by atoms with Crippen molar-refractivity contribution in [3.63, 3.8) is 0 Å². The molecule has 0 heterocycles. The number of aliphatic imine (C=N–C) groups is 1. The minimum Gasteiger partial charge on any atom is -0.356 e. The number of carbonyl (C=O) groups is 1. The summed E-state index contributed by atoms with van der Waals surface area (Å²) in [6, 6.07) is 0. The predicted molar refractivity (Wildman–Crippen MR) is 92.9 cm³/mol. The van der Waals surface area contributed by atoms with E-state index in [0.29, 0.717) is 23.8 Å². The lowest BCUT2D eigenvalue weighted by molar-refractivity contribution is -0.127. The van der Waals surface area contributed by atoms with Crippen molar-refractivity contribution in [2.24, 2.45) is 16.3 Å². The van der Waals surface area contributed by atoms with Gasteiger partial charge in [0.25, 0.3) is 0 Å². The summed E-state index contributed by atoms with van der Waals surface area (Å²) >= 11 is 0. The van der Waals surface area contributed by atoms with Gasteiger partial charge in [-0.1, -0.05) is 26.3 Å². The summed E-state index contributed by atoms with van der Waals surface area (Å²) < 4.78 is 0. The Morgan fingerprint density at radius 3 is 2.50 bits per heavy atom. The van der Waals surface area contributed by atoms with E-state index in [2.05, 4.69) is 36.1 Å². The van der Waals surface area contributed by atoms with Crippen molar-refractivity contribution in [1.29, 1.82) is 0 Å². The van der Waals surface area contributed by atoms with Gasteiger partial charge in [0.2, 0.25) is 5.91 Å². The number of hydrogen-bond donors (Lipinski definition) is 2. The largest absolute Gasteiger partial charge is 0.356 e. The lowest BCUT2D eigenvalue weighted by atomic mass is 9.64. The van der Waals surface area contributed by atoms with E-state index in [4.69, 9.17) is 0 Å². The lowest BCUT2D eigenvalue weighted by Crippen LogP contribution is -2.47. The molecule has 1 saturated carbocycles. The van der Waals surface area contributed by atoms with Crippen LogP contribution in [-0.4, -0.2) is 50.5 Å². The van der Waals surface area contributed by atoms with E-state index in [1.165, 1.54) is 25.7 Å². The van der Waals surface area contributed by atoms with Gasteiger partial charge in [0.1, 0.15) is 6.54 Å². The third kappa shape index (κ3) is 6.08. The highest BCUT2D eigenvalue weighted by Crippen LogP contribution is 2.45. The first-order valence-electron chi connectivity index (χ1n) is 8.22. The zero-order chi connectivity index (χ0) is 16.6. The molecule has 1 aliphatic carbocycles. The molecule has 5 heteroatoms. The van der Waals surface area contributed by atoms with Crippen LogP contribution >= 0.6 is 0 Å². The van der Waals surface area contributed by atoms with Crippen molar-refractivity contribution in [2.75, 3.05) is 33.7 Å². The Hall–Kier alpha value is -1.52. The Balaban J connectivity index is 2.58. The van der Waals surface area contributed by atoms with Crippen LogP contribution in [0.25, 0.3) is 0 Å². The van der Waals surface area contributed by atoms with Gasteiger partial charge in [-0.2, -0.15) is 0 Å². The molecule has 1 aliphatic rings. The van der Waals surface area contributed by atoms with Crippen LogP contribution in [0.1, 0.15) is 39.5 Å². The first kappa shape index (κ1) is 18.5. The Labute approximate surface area is 135 Å². The van der Waals surface area contributed by atoms with E-state index in [-0.39, 0.29) is 12.5 Å². The van der Waals surface area contributed by atoms with Crippen molar-refractivity contribution in [3.8, 4) is 0 Å². The second-order valence-corrected chi connectivity index (χ2v) is 6.93. The Morgan fingerprint density at radius 2 is 2.05 bits per heavy atom. The molecule has 0 saturated heterocycles. The molecule has 0 spiro atoms. The number of hydrogen-bond acceptors (Lipinski definition) is 2. The number of likely N-dealkylation sites (N-methyl/N-ethyl adjacent to an activating group) is 1. The molecule has 0 unspecified atom stereocenters. The van der Waals surface area contributed by atoms with Gasteiger partial charge in [-0.3, -0.25) is 4.79 Å². The molecule has 1 rings (SSSR count). The van der Waals surface area contributed by atoms with Crippen LogP contribution in [0.3, 0.4) is 0 Å². The topological polar surface area (TPSA) is 56.7 Å². The lowest BCUT2D eigenvalue weighted by Gasteiger charge is -2.43. The monoisotopic (exact) mass is 308 g/mol. The van der Waals surface area contributed by atoms with E-state index >= 15 is 0 Å². The van der Waals surface area contributed by atoms with Gasteiger partial charge in [-0.25, -0.2) is 4.99 Å². The summed E-state index contributed by atoms with van der Waals surface area (Å²) in [6.45, 7) is 9.99. The zero-order valence-corrected chi connectivity index (χ0v) is 14.6. The number of rotatable bonds is 8. The minimum absolute atomic E-state index is 0.000223. The van der Waals surface area contributed by atoms with Crippen molar-refractivity contribution < 1.29 is 4.79 Å². The predicted octanol–water partition coefficient (Wildman–Crippen LogP) is 2.01. The molecule has 1 amide bonds. The third-order valence-corrected chi connectivity index (χ3v) is 4.17. The fourth-order valence-electron chi connectivity index (χ4n) is 2.90. The average Bonchev–Trinajstić information content (AvgIpc) is 2.42. The summed E-state index contributed by atoms with van der Waals surface area (Å²) in [5.74, 6) is 1.41. The maximum absolute atomic E-state index is 11.7. The van der Waals surface area contributed by atoms with E-state index in [9.17, 15) is 4.79 Å². The van der Waals surface area contributed by atoms with Crippen LogP contribution in [0.5, 0.6) is 0 Å². The zero-order valence-electron chi connectivity index (χ0n) is 14.6. The second-order valence-electron chi connectivity index (χ2n) is 6.93.